The fourth-order valence-corrected chi connectivity index (χ4v) is 1.87. The van der Waals surface area contributed by atoms with Crippen molar-refractivity contribution in [3.8, 4) is 0 Å². The topological polar surface area (TPSA) is 0 Å². The summed E-state index contributed by atoms with van der Waals surface area (Å²) in [6.07, 6.45) is 8.86. The van der Waals surface area contributed by atoms with Gasteiger partial charge >= 0.3 is 54.7 Å². The van der Waals surface area contributed by atoms with Crippen LogP contribution in [0.3, 0.4) is 0 Å². The SMILES string of the molecule is [CH3][Mn]([CH3])[CH]1C=CC=C1. The average Bonchev–Trinajstić information content (AvgIpc) is 2.12. The zero-order valence-corrected chi connectivity index (χ0v) is 6.45. The van der Waals surface area contributed by atoms with Gasteiger partial charge in [-0.25, -0.2) is 0 Å². The van der Waals surface area contributed by atoms with Gasteiger partial charge in [-0.1, -0.05) is 0 Å². The molecule has 1 aliphatic carbocycles. The van der Waals surface area contributed by atoms with E-state index in [9.17, 15) is 0 Å². The summed E-state index contributed by atoms with van der Waals surface area (Å²) in [6.45, 7) is 0. The van der Waals surface area contributed by atoms with Crippen LogP contribution in [0, 0.1) is 0 Å². The second kappa shape index (κ2) is 2.52. The normalized spacial score (nSPS) is 20.0. The van der Waals surface area contributed by atoms with Gasteiger partial charge in [0, 0.05) is 0 Å². The fourth-order valence-electron chi connectivity index (χ4n) is 0.696. The van der Waals surface area contributed by atoms with Crippen molar-refractivity contribution in [2.24, 2.45) is 0 Å². The van der Waals surface area contributed by atoms with Crippen LogP contribution in [0.2, 0.25) is 16.5 Å². The number of hydrogen-bond acceptors (Lipinski definition) is 0. The first-order valence-corrected chi connectivity index (χ1v) is 5.68. The van der Waals surface area contributed by atoms with Crippen molar-refractivity contribution in [1.82, 2.24) is 0 Å². The number of hydrogen-bond donors (Lipinski definition) is 0. The molecule has 1 rings (SSSR count). The standard InChI is InChI=1S/C5H5.2CH3.Mn/c1-2-4-5-3-1;;;/h1-5H;2*1H3;. The van der Waals surface area contributed by atoms with E-state index < -0.39 is 0 Å². The second-order valence-corrected chi connectivity index (χ2v) is 5.36. The third-order valence-electron chi connectivity index (χ3n) is 1.20. The van der Waals surface area contributed by atoms with E-state index >= 15 is 0 Å². The van der Waals surface area contributed by atoms with E-state index in [1.807, 2.05) is 0 Å². The maximum atomic E-state index is 2.34. The Hall–Kier alpha value is -0.000519. The van der Waals surface area contributed by atoms with E-state index in [1.165, 1.54) is 0 Å². The second-order valence-electron chi connectivity index (χ2n) is 2.03. The molecule has 0 N–H and O–H groups in total. The molecule has 0 amide bonds. The van der Waals surface area contributed by atoms with E-state index in [1.54, 1.807) is 0 Å². The molecule has 1 heteroatoms. The summed E-state index contributed by atoms with van der Waals surface area (Å²) < 4.78 is 0. The van der Waals surface area contributed by atoms with Gasteiger partial charge in [-0.05, 0) is 0 Å². The molecule has 0 aromatic heterocycles. The summed E-state index contributed by atoms with van der Waals surface area (Å²) in [6, 6.07) is 0. The Morgan fingerprint density at radius 1 is 1.12 bits per heavy atom. The van der Waals surface area contributed by atoms with Gasteiger partial charge < -0.3 is 0 Å². The van der Waals surface area contributed by atoms with E-state index in [0.717, 1.165) is 4.82 Å². The third kappa shape index (κ3) is 1.24. The minimum atomic E-state index is -0.105. The minimum absolute atomic E-state index is 0.105. The van der Waals surface area contributed by atoms with Crippen LogP contribution in [0.25, 0.3) is 0 Å². The molecule has 8 heavy (non-hydrogen) atoms. The fraction of sp³-hybridized carbons (Fsp3) is 0.429. The Morgan fingerprint density at radius 2 is 1.62 bits per heavy atom. The molecule has 0 heterocycles. The first kappa shape index (κ1) is 6.12. The van der Waals surface area contributed by atoms with Crippen LogP contribution in [0.5, 0.6) is 0 Å². The first-order valence-electron chi connectivity index (χ1n) is 2.64. The molecule has 0 saturated heterocycles. The summed E-state index contributed by atoms with van der Waals surface area (Å²) in [5.41, 5.74) is 0. The van der Waals surface area contributed by atoms with Gasteiger partial charge in [-0.3, -0.25) is 0 Å². The van der Waals surface area contributed by atoms with Crippen LogP contribution in [0.1, 0.15) is 0 Å². The first-order chi connectivity index (χ1) is 3.80. The molecule has 0 radical (unpaired) electrons. The van der Waals surface area contributed by atoms with Crippen molar-refractivity contribution in [3.63, 3.8) is 0 Å². The van der Waals surface area contributed by atoms with Crippen molar-refractivity contribution in [3.05, 3.63) is 24.3 Å². The van der Waals surface area contributed by atoms with E-state index in [0.29, 0.717) is 0 Å². The Morgan fingerprint density at radius 3 is 1.88 bits per heavy atom. The van der Waals surface area contributed by atoms with Gasteiger partial charge in [0.05, 0.1) is 0 Å². The molecular weight excluding hydrogens is 139 g/mol. The van der Waals surface area contributed by atoms with Gasteiger partial charge in [0.2, 0.25) is 0 Å². The molecular formula is C7H11Mn. The molecule has 0 aromatic rings. The molecule has 0 aromatic carbocycles. The van der Waals surface area contributed by atoms with Crippen LogP contribution in [-0.4, -0.2) is 0 Å². The molecule has 0 nitrogen and oxygen atoms in total. The Labute approximate surface area is 55.2 Å². The maximum absolute atomic E-state index is 2.34. The molecule has 0 aliphatic heterocycles. The van der Waals surface area contributed by atoms with Crippen LogP contribution in [0.4, 0.5) is 0 Å². The van der Waals surface area contributed by atoms with Crippen LogP contribution in [-0.2, 0) is 13.9 Å². The average molecular weight is 150 g/mol. The van der Waals surface area contributed by atoms with Crippen LogP contribution >= 0.6 is 0 Å². The Balaban J connectivity index is 2.49. The van der Waals surface area contributed by atoms with Crippen molar-refractivity contribution in [2.45, 2.75) is 16.5 Å². The van der Waals surface area contributed by atoms with Crippen molar-refractivity contribution < 1.29 is 13.9 Å². The summed E-state index contributed by atoms with van der Waals surface area (Å²) in [7, 11) is 0. The van der Waals surface area contributed by atoms with Crippen LogP contribution < -0.4 is 0 Å². The van der Waals surface area contributed by atoms with E-state index in [-0.39, 0.29) is 13.9 Å². The van der Waals surface area contributed by atoms with Crippen molar-refractivity contribution >= 4 is 0 Å². The molecule has 0 atom stereocenters. The monoisotopic (exact) mass is 150 g/mol. The quantitative estimate of drug-likeness (QED) is 0.504. The molecule has 0 bridgehead atoms. The van der Waals surface area contributed by atoms with Crippen molar-refractivity contribution in [1.29, 1.82) is 0 Å². The summed E-state index contributed by atoms with van der Waals surface area (Å²) in [5, 5.41) is 0. The zero-order chi connectivity index (χ0) is 5.98. The number of rotatable bonds is 1. The van der Waals surface area contributed by atoms with Crippen molar-refractivity contribution in [2.75, 3.05) is 0 Å². The van der Waals surface area contributed by atoms with Gasteiger partial charge in [-0.2, -0.15) is 0 Å². The molecule has 46 valence electrons. The predicted octanol–water partition coefficient (Wildman–Crippen LogP) is 2.62. The third-order valence-corrected chi connectivity index (χ3v) is 3.23. The molecule has 1 aliphatic rings. The molecule has 0 fully saturated rings. The Bertz CT molecular complexity index is 110. The zero-order valence-electron chi connectivity index (χ0n) is 5.26. The molecule has 0 spiro atoms. The van der Waals surface area contributed by atoms with Crippen LogP contribution in [0.15, 0.2) is 24.3 Å². The molecule has 0 unspecified atom stereocenters. The number of allylic oxidation sites excluding steroid dienone is 4. The van der Waals surface area contributed by atoms with Gasteiger partial charge in [-0.15, -0.1) is 0 Å². The predicted molar refractivity (Wildman–Crippen MR) is 33.8 cm³/mol. The Kier molecular flexibility index (Phi) is 1.93. The van der Waals surface area contributed by atoms with E-state index in [2.05, 4.69) is 35.9 Å². The van der Waals surface area contributed by atoms with Gasteiger partial charge in [0.15, 0.2) is 0 Å². The van der Waals surface area contributed by atoms with Gasteiger partial charge in [0.1, 0.15) is 0 Å². The molecule has 0 saturated carbocycles. The summed E-state index contributed by atoms with van der Waals surface area (Å²) in [5.74, 6) is 4.69. The summed E-state index contributed by atoms with van der Waals surface area (Å²) >= 11 is -0.105. The van der Waals surface area contributed by atoms with Gasteiger partial charge in [0.25, 0.3) is 0 Å². The summed E-state index contributed by atoms with van der Waals surface area (Å²) in [4.78, 5) is 0.808. The van der Waals surface area contributed by atoms with E-state index in [4.69, 9.17) is 0 Å².